The van der Waals surface area contributed by atoms with Gasteiger partial charge < -0.3 is 0 Å². The third-order valence-corrected chi connectivity index (χ3v) is 2.84. The molecule has 1 aromatic rings. The van der Waals surface area contributed by atoms with Gasteiger partial charge in [-0.05, 0) is 12.5 Å². The van der Waals surface area contributed by atoms with Crippen LogP contribution in [0.15, 0.2) is 29.6 Å². The summed E-state index contributed by atoms with van der Waals surface area (Å²) in [4.78, 5) is 15.4. The van der Waals surface area contributed by atoms with Gasteiger partial charge in [0.25, 0.3) is 0 Å². The van der Waals surface area contributed by atoms with Gasteiger partial charge in [-0.3, -0.25) is 9.78 Å². The maximum atomic E-state index is 11.5. The lowest BCUT2D eigenvalue weighted by atomic mass is 10.1. The minimum absolute atomic E-state index is 0.0179. The van der Waals surface area contributed by atoms with Gasteiger partial charge in [-0.15, -0.1) is 0 Å². The molecule has 1 N–H and O–H groups in total. The fourth-order valence-electron chi connectivity index (χ4n) is 1.75. The molecule has 0 aliphatic carbocycles. The summed E-state index contributed by atoms with van der Waals surface area (Å²) in [5.41, 5.74) is 3.41. The monoisotopic (exact) mass is 261 g/mol. The highest BCUT2D eigenvalue weighted by Gasteiger charge is 1.98. The van der Waals surface area contributed by atoms with E-state index in [1.165, 1.54) is 25.7 Å². The molecule has 1 amide bonds. The summed E-state index contributed by atoms with van der Waals surface area (Å²) in [6.07, 6.45) is 12.7. The average molecular weight is 261 g/mol. The van der Waals surface area contributed by atoms with E-state index in [4.69, 9.17) is 0 Å². The first kappa shape index (κ1) is 15.3. The van der Waals surface area contributed by atoms with Crippen LogP contribution in [0.4, 0.5) is 0 Å². The van der Waals surface area contributed by atoms with Crippen LogP contribution in [0.3, 0.4) is 0 Å². The molecule has 1 aromatic heterocycles. The van der Waals surface area contributed by atoms with Crippen LogP contribution in [0.1, 0.15) is 57.4 Å². The first-order valence-electron chi connectivity index (χ1n) is 7.05. The van der Waals surface area contributed by atoms with Gasteiger partial charge in [-0.1, -0.05) is 45.1 Å². The highest BCUT2D eigenvalue weighted by atomic mass is 16.2. The van der Waals surface area contributed by atoms with Gasteiger partial charge in [-0.2, -0.15) is 5.10 Å². The summed E-state index contributed by atoms with van der Waals surface area (Å²) in [5, 5.41) is 3.91. The van der Waals surface area contributed by atoms with Gasteiger partial charge in [-0.25, -0.2) is 5.43 Å². The molecular weight excluding hydrogens is 238 g/mol. The second kappa shape index (κ2) is 10.2. The molecular formula is C15H23N3O. The van der Waals surface area contributed by atoms with Crippen LogP contribution >= 0.6 is 0 Å². The van der Waals surface area contributed by atoms with Crippen LogP contribution in [0.5, 0.6) is 0 Å². The molecule has 4 heteroatoms. The van der Waals surface area contributed by atoms with Crippen molar-refractivity contribution in [3.63, 3.8) is 0 Å². The highest BCUT2D eigenvalue weighted by molar-refractivity contribution is 5.81. The Hall–Kier alpha value is -1.71. The molecule has 19 heavy (non-hydrogen) atoms. The number of amides is 1. The molecule has 0 saturated heterocycles. The van der Waals surface area contributed by atoms with Gasteiger partial charge in [0.15, 0.2) is 0 Å². The SMILES string of the molecule is CCCCCCCCC(=O)NN=Cc1cccnc1. The van der Waals surface area contributed by atoms with Crippen LogP contribution in [-0.4, -0.2) is 17.1 Å². The zero-order chi connectivity index (χ0) is 13.8. The standard InChI is InChI=1S/C15H23N3O/c1-2-3-4-5-6-7-10-15(19)18-17-13-14-9-8-11-16-12-14/h8-9,11-13H,2-7,10H2,1H3,(H,18,19). The minimum Gasteiger partial charge on any atom is -0.273 e. The number of hydrazone groups is 1. The van der Waals surface area contributed by atoms with E-state index < -0.39 is 0 Å². The van der Waals surface area contributed by atoms with E-state index in [9.17, 15) is 4.79 Å². The molecule has 0 radical (unpaired) electrons. The molecule has 0 saturated carbocycles. The molecule has 0 spiro atoms. The van der Waals surface area contributed by atoms with Gasteiger partial charge >= 0.3 is 0 Å². The van der Waals surface area contributed by atoms with Crippen LogP contribution in [0.2, 0.25) is 0 Å². The molecule has 4 nitrogen and oxygen atoms in total. The summed E-state index contributed by atoms with van der Waals surface area (Å²) >= 11 is 0. The molecule has 1 heterocycles. The fourth-order valence-corrected chi connectivity index (χ4v) is 1.75. The molecule has 104 valence electrons. The maximum Gasteiger partial charge on any atom is 0.240 e. The molecule has 0 unspecified atom stereocenters. The Labute approximate surface area is 115 Å². The number of pyridine rings is 1. The number of unbranched alkanes of at least 4 members (excludes halogenated alkanes) is 5. The van der Waals surface area contributed by atoms with Gasteiger partial charge in [0.05, 0.1) is 6.21 Å². The molecule has 0 fully saturated rings. The van der Waals surface area contributed by atoms with Crippen LogP contribution in [0.25, 0.3) is 0 Å². The summed E-state index contributed by atoms with van der Waals surface area (Å²) in [5.74, 6) is -0.0179. The van der Waals surface area contributed by atoms with Crippen LogP contribution in [-0.2, 0) is 4.79 Å². The van der Waals surface area contributed by atoms with Crippen LogP contribution in [0, 0.1) is 0 Å². The molecule has 0 atom stereocenters. The number of rotatable bonds is 9. The molecule has 0 bridgehead atoms. The Morgan fingerprint density at radius 2 is 2.11 bits per heavy atom. The average Bonchev–Trinajstić information content (AvgIpc) is 2.44. The molecule has 1 rings (SSSR count). The van der Waals surface area contributed by atoms with Crippen molar-refractivity contribution < 1.29 is 4.79 Å². The first-order chi connectivity index (χ1) is 9.33. The zero-order valence-corrected chi connectivity index (χ0v) is 11.6. The van der Waals surface area contributed by atoms with Crippen molar-refractivity contribution in [3.05, 3.63) is 30.1 Å². The van der Waals surface area contributed by atoms with E-state index in [2.05, 4.69) is 22.4 Å². The maximum absolute atomic E-state index is 11.5. The van der Waals surface area contributed by atoms with Gasteiger partial charge in [0, 0.05) is 24.4 Å². The second-order valence-corrected chi connectivity index (χ2v) is 4.60. The second-order valence-electron chi connectivity index (χ2n) is 4.60. The van der Waals surface area contributed by atoms with Crippen molar-refractivity contribution in [2.24, 2.45) is 5.10 Å². The lowest BCUT2D eigenvalue weighted by Gasteiger charge is -2.00. The Morgan fingerprint density at radius 1 is 1.32 bits per heavy atom. The number of aromatic nitrogens is 1. The number of hydrogen-bond acceptors (Lipinski definition) is 3. The Morgan fingerprint density at radius 3 is 2.84 bits per heavy atom. The Bertz CT molecular complexity index is 376. The number of carbonyl (C=O) groups excluding carboxylic acids is 1. The number of hydrogen-bond donors (Lipinski definition) is 1. The van der Waals surface area contributed by atoms with Crippen molar-refractivity contribution in [3.8, 4) is 0 Å². The third-order valence-electron chi connectivity index (χ3n) is 2.84. The quantitative estimate of drug-likeness (QED) is 0.421. The van der Waals surface area contributed by atoms with E-state index >= 15 is 0 Å². The number of nitrogens with one attached hydrogen (secondary N) is 1. The van der Waals surface area contributed by atoms with Crippen molar-refractivity contribution in [2.75, 3.05) is 0 Å². The lowest BCUT2D eigenvalue weighted by Crippen LogP contribution is -2.16. The van der Waals surface area contributed by atoms with Gasteiger partial charge in [0.2, 0.25) is 5.91 Å². The highest BCUT2D eigenvalue weighted by Crippen LogP contribution is 2.06. The fraction of sp³-hybridized carbons (Fsp3) is 0.533. The molecule has 0 aliphatic rings. The van der Waals surface area contributed by atoms with E-state index in [-0.39, 0.29) is 5.91 Å². The predicted molar refractivity (Wildman–Crippen MR) is 78.0 cm³/mol. The number of carbonyl (C=O) groups is 1. The smallest absolute Gasteiger partial charge is 0.240 e. The normalized spacial score (nSPS) is 10.8. The van der Waals surface area contributed by atoms with E-state index in [1.54, 1.807) is 18.6 Å². The first-order valence-corrected chi connectivity index (χ1v) is 7.05. The molecule has 0 aromatic carbocycles. The van der Waals surface area contributed by atoms with Gasteiger partial charge in [0.1, 0.15) is 0 Å². The summed E-state index contributed by atoms with van der Waals surface area (Å²) in [7, 11) is 0. The summed E-state index contributed by atoms with van der Waals surface area (Å²) in [6, 6.07) is 3.72. The minimum atomic E-state index is -0.0179. The largest absolute Gasteiger partial charge is 0.273 e. The van der Waals surface area contributed by atoms with E-state index in [1.807, 2.05) is 12.1 Å². The third kappa shape index (κ3) is 8.08. The van der Waals surface area contributed by atoms with Crippen LogP contribution < -0.4 is 5.43 Å². The van der Waals surface area contributed by atoms with Crippen molar-refractivity contribution in [1.29, 1.82) is 0 Å². The topological polar surface area (TPSA) is 54.4 Å². The van der Waals surface area contributed by atoms with Crippen molar-refractivity contribution in [2.45, 2.75) is 51.9 Å². The zero-order valence-electron chi connectivity index (χ0n) is 11.6. The van der Waals surface area contributed by atoms with Crippen molar-refractivity contribution in [1.82, 2.24) is 10.4 Å². The lowest BCUT2D eigenvalue weighted by molar-refractivity contribution is -0.121. The molecule has 0 aliphatic heterocycles. The number of nitrogens with zero attached hydrogens (tertiary/aromatic N) is 2. The van der Waals surface area contributed by atoms with Crippen molar-refractivity contribution >= 4 is 12.1 Å². The predicted octanol–water partition coefficient (Wildman–Crippen LogP) is 3.28. The summed E-state index contributed by atoms with van der Waals surface area (Å²) < 4.78 is 0. The van der Waals surface area contributed by atoms with E-state index in [0.29, 0.717) is 6.42 Å². The Kier molecular flexibility index (Phi) is 8.27. The Balaban J connectivity index is 2.06. The van der Waals surface area contributed by atoms with E-state index in [0.717, 1.165) is 18.4 Å². The summed E-state index contributed by atoms with van der Waals surface area (Å²) in [6.45, 7) is 2.20.